The summed E-state index contributed by atoms with van der Waals surface area (Å²) >= 11 is 0. The molecular weight excluding hydrogens is 278 g/mol. The van der Waals surface area contributed by atoms with Crippen molar-refractivity contribution < 1.29 is 9.90 Å². The lowest BCUT2D eigenvalue weighted by Gasteiger charge is -2.29. The van der Waals surface area contributed by atoms with Crippen LogP contribution in [0.4, 0.5) is 0 Å². The van der Waals surface area contributed by atoms with Gasteiger partial charge < -0.3 is 10.4 Å². The second kappa shape index (κ2) is 7.22. The molecule has 1 aliphatic carbocycles. The van der Waals surface area contributed by atoms with Crippen LogP contribution in [-0.4, -0.2) is 30.2 Å². The Hall–Kier alpha value is -1.43. The maximum atomic E-state index is 11.0. The molecule has 2 atom stereocenters. The summed E-state index contributed by atoms with van der Waals surface area (Å²) in [7, 11) is 0. The average molecular weight is 303 g/mol. The molecule has 5 nitrogen and oxygen atoms in total. The summed E-state index contributed by atoms with van der Waals surface area (Å²) < 4.78 is 0. The molecule has 1 aliphatic heterocycles. The maximum absolute atomic E-state index is 11.0. The van der Waals surface area contributed by atoms with Crippen LogP contribution in [0.15, 0.2) is 30.3 Å². The van der Waals surface area contributed by atoms with Crippen molar-refractivity contribution in [3.8, 4) is 0 Å². The molecule has 0 amide bonds. The van der Waals surface area contributed by atoms with Gasteiger partial charge in [-0.1, -0.05) is 30.3 Å². The summed E-state index contributed by atoms with van der Waals surface area (Å²) in [4.78, 5) is 11.0. The standard InChI is InChI=1S/C17H25N3O2/c21-17(22)13-6-8-15(9-7-13)18-10-14-11-19-20-16(14)12-4-2-1-3-5-12/h1-5,13-16,18-20H,6-11H2,(H,21,22). The van der Waals surface area contributed by atoms with Crippen LogP contribution in [0, 0.1) is 11.8 Å². The normalized spacial score (nSPS) is 32.0. The first kappa shape index (κ1) is 15.5. The van der Waals surface area contributed by atoms with Gasteiger partial charge in [-0.15, -0.1) is 0 Å². The molecule has 1 heterocycles. The highest BCUT2D eigenvalue weighted by Crippen LogP contribution is 2.27. The number of carboxylic acid groups (broad SMARTS) is 1. The average Bonchev–Trinajstić information content (AvgIpc) is 3.02. The van der Waals surface area contributed by atoms with Gasteiger partial charge in [0.1, 0.15) is 0 Å². The smallest absolute Gasteiger partial charge is 0.306 e. The van der Waals surface area contributed by atoms with Gasteiger partial charge in [0.2, 0.25) is 0 Å². The molecule has 5 heteroatoms. The number of carbonyl (C=O) groups is 1. The first-order chi connectivity index (χ1) is 10.7. The second-order valence-corrected chi connectivity index (χ2v) is 6.47. The second-order valence-electron chi connectivity index (χ2n) is 6.47. The summed E-state index contributed by atoms with van der Waals surface area (Å²) in [6.45, 7) is 1.92. The molecule has 120 valence electrons. The molecule has 2 aliphatic rings. The van der Waals surface area contributed by atoms with Crippen LogP contribution in [0.1, 0.15) is 37.3 Å². The van der Waals surface area contributed by atoms with E-state index >= 15 is 0 Å². The Morgan fingerprint density at radius 2 is 1.91 bits per heavy atom. The third-order valence-corrected chi connectivity index (χ3v) is 5.00. The van der Waals surface area contributed by atoms with Crippen LogP contribution >= 0.6 is 0 Å². The molecule has 1 aromatic carbocycles. The molecule has 22 heavy (non-hydrogen) atoms. The largest absolute Gasteiger partial charge is 0.481 e. The quantitative estimate of drug-likeness (QED) is 0.666. The number of hydrogen-bond donors (Lipinski definition) is 4. The van der Waals surface area contributed by atoms with E-state index in [1.54, 1.807) is 0 Å². The summed E-state index contributed by atoms with van der Waals surface area (Å²) in [5, 5.41) is 12.7. The fourth-order valence-electron chi connectivity index (χ4n) is 3.60. The van der Waals surface area contributed by atoms with Crippen molar-refractivity contribution >= 4 is 5.97 Å². The van der Waals surface area contributed by atoms with Crippen LogP contribution in [0.25, 0.3) is 0 Å². The highest BCUT2D eigenvalue weighted by atomic mass is 16.4. The van der Waals surface area contributed by atoms with E-state index in [1.807, 2.05) is 6.07 Å². The minimum Gasteiger partial charge on any atom is -0.481 e. The fourth-order valence-corrected chi connectivity index (χ4v) is 3.60. The van der Waals surface area contributed by atoms with Gasteiger partial charge in [0.25, 0.3) is 0 Å². The third-order valence-electron chi connectivity index (χ3n) is 5.00. The molecule has 0 bridgehead atoms. The molecule has 0 aromatic heterocycles. The van der Waals surface area contributed by atoms with E-state index in [9.17, 15) is 4.79 Å². The van der Waals surface area contributed by atoms with Crippen molar-refractivity contribution in [1.82, 2.24) is 16.2 Å². The molecule has 1 aromatic rings. The van der Waals surface area contributed by atoms with Gasteiger partial charge >= 0.3 is 5.97 Å². The van der Waals surface area contributed by atoms with Crippen molar-refractivity contribution in [3.05, 3.63) is 35.9 Å². The predicted molar refractivity (Wildman–Crippen MR) is 85.2 cm³/mol. The van der Waals surface area contributed by atoms with E-state index in [0.717, 1.165) is 38.8 Å². The van der Waals surface area contributed by atoms with Crippen LogP contribution < -0.4 is 16.2 Å². The monoisotopic (exact) mass is 303 g/mol. The number of rotatable bonds is 5. The lowest BCUT2D eigenvalue weighted by molar-refractivity contribution is -0.142. The molecule has 0 spiro atoms. The predicted octanol–water partition coefficient (Wildman–Crippen LogP) is 1.68. The summed E-state index contributed by atoms with van der Waals surface area (Å²) in [6, 6.07) is 11.3. The van der Waals surface area contributed by atoms with Crippen molar-refractivity contribution in [1.29, 1.82) is 0 Å². The number of hydrogen-bond acceptors (Lipinski definition) is 4. The topological polar surface area (TPSA) is 73.4 Å². The molecule has 0 radical (unpaired) electrons. The van der Waals surface area contributed by atoms with Gasteiger partial charge in [-0.3, -0.25) is 10.2 Å². The third kappa shape index (κ3) is 3.66. The van der Waals surface area contributed by atoms with Gasteiger partial charge in [-0.05, 0) is 31.2 Å². The Balaban J connectivity index is 1.48. The summed E-state index contributed by atoms with van der Waals surface area (Å²) in [5.41, 5.74) is 7.94. The number of nitrogens with one attached hydrogen (secondary N) is 3. The molecule has 2 fully saturated rings. The van der Waals surface area contributed by atoms with Gasteiger partial charge in [-0.2, -0.15) is 0 Å². The van der Waals surface area contributed by atoms with Gasteiger partial charge in [-0.25, -0.2) is 5.43 Å². The zero-order valence-electron chi connectivity index (χ0n) is 12.8. The first-order valence-electron chi connectivity index (χ1n) is 8.23. The number of carboxylic acids is 1. The van der Waals surface area contributed by atoms with Crippen LogP contribution in [0.2, 0.25) is 0 Å². The van der Waals surface area contributed by atoms with E-state index in [4.69, 9.17) is 5.11 Å². The number of hydrazine groups is 1. The van der Waals surface area contributed by atoms with Crippen LogP contribution in [-0.2, 0) is 4.79 Å². The van der Waals surface area contributed by atoms with Crippen LogP contribution in [0.3, 0.4) is 0 Å². The highest BCUT2D eigenvalue weighted by Gasteiger charge is 2.30. The maximum Gasteiger partial charge on any atom is 0.306 e. The van der Waals surface area contributed by atoms with Crippen molar-refractivity contribution in [2.75, 3.05) is 13.1 Å². The molecule has 1 saturated carbocycles. The summed E-state index contributed by atoms with van der Waals surface area (Å²) in [6.07, 6.45) is 3.55. The Kier molecular flexibility index (Phi) is 5.08. The Morgan fingerprint density at radius 3 is 2.59 bits per heavy atom. The summed E-state index contributed by atoms with van der Waals surface area (Å²) in [5.74, 6) is -0.253. The van der Waals surface area contributed by atoms with Crippen molar-refractivity contribution in [2.24, 2.45) is 11.8 Å². The molecule has 3 rings (SSSR count). The van der Waals surface area contributed by atoms with Crippen LogP contribution in [0.5, 0.6) is 0 Å². The molecular formula is C17H25N3O2. The minimum atomic E-state index is -0.633. The van der Waals surface area contributed by atoms with Crippen molar-refractivity contribution in [3.63, 3.8) is 0 Å². The lowest BCUT2D eigenvalue weighted by atomic mass is 9.85. The van der Waals surface area contributed by atoms with Gasteiger partial charge in [0, 0.05) is 25.0 Å². The number of benzene rings is 1. The number of aliphatic carboxylic acids is 1. The van der Waals surface area contributed by atoms with E-state index in [-0.39, 0.29) is 5.92 Å². The van der Waals surface area contributed by atoms with E-state index in [1.165, 1.54) is 5.56 Å². The molecule has 1 saturated heterocycles. The van der Waals surface area contributed by atoms with Gasteiger partial charge in [0.15, 0.2) is 0 Å². The SMILES string of the molecule is O=C(O)C1CCC(NCC2CNNC2c2ccccc2)CC1. The lowest BCUT2D eigenvalue weighted by Crippen LogP contribution is -2.39. The Morgan fingerprint density at radius 1 is 1.18 bits per heavy atom. The van der Waals surface area contributed by atoms with E-state index in [2.05, 4.69) is 40.4 Å². The molecule has 4 N–H and O–H groups in total. The Bertz CT molecular complexity index is 486. The fraction of sp³-hybridized carbons (Fsp3) is 0.588. The zero-order chi connectivity index (χ0) is 15.4. The Labute approximate surface area is 131 Å². The van der Waals surface area contributed by atoms with E-state index < -0.39 is 5.97 Å². The first-order valence-corrected chi connectivity index (χ1v) is 8.23. The zero-order valence-corrected chi connectivity index (χ0v) is 12.8. The van der Waals surface area contributed by atoms with Crippen molar-refractivity contribution in [2.45, 2.75) is 37.8 Å². The minimum absolute atomic E-state index is 0.134. The molecule has 2 unspecified atom stereocenters. The highest BCUT2D eigenvalue weighted by molar-refractivity contribution is 5.70. The van der Waals surface area contributed by atoms with E-state index in [0.29, 0.717) is 18.0 Å². The van der Waals surface area contributed by atoms with Gasteiger partial charge in [0.05, 0.1) is 12.0 Å².